The molecule has 0 aromatic heterocycles. The van der Waals surface area contributed by atoms with Crippen molar-refractivity contribution in [1.29, 1.82) is 0 Å². The first-order valence-corrected chi connectivity index (χ1v) is 4.64. The third kappa shape index (κ3) is 2.24. The topological polar surface area (TPSA) is 55.8 Å². The molecule has 1 atom stereocenters. The van der Waals surface area contributed by atoms with E-state index in [9.17, 15) is 9.18 Å². The predicted molar refractivity (Wildman–Crippen MR) is 56.0 cm³/mol. The van der Waals surface area contributed by atoms with Gasteiger partial charge in [-0.2, -0.15) is 0 Å². The Balaban J connectivity index is 3.40. The van der Waals surface area contributed by atoms with Crippen LogP contribution in [0.2, 0.25) is 0 Å². The van der Waals surface area contributed by atoms with Gasteiger partial charge in [0, 0.05) is 5.56 Å². The lowest BCUT2D eigenvalue weighted by Gasteiger charge is -2.13. The molecule has 16 heavy (non-hydrogen) atoms. The van der Waals surface area contributed by atoms with Gasteiger partial charge in [-0.3, -0.25) is 0 Å². The van der Waals surface area contributed by atoms with Crippen LogP contribution >= 0.6 is 0 Å². The largest absolute Gasteiger partial charge is 0.496 e. The number of alkyl halides is 1. The second kappa shape index (κ2) is 4.83. The minimum Gasteiger partial charge on any atom is -0.496 e. The lowest BCUT2D eigenvalue weighted by atomic mass is 10.1. The fourth-order valence-corrected chi connectivity index (χ4v) is 1.40. The average Bonchev–Trinajstić information content (AvgIpc) is 2.26. The number of carboxylic acids is 1. The fourth-order valence-electron chi connectivity index (χ4n) is 1.40. The summed E-state index contributed by atoms with van der Waals surface area (Å²) in [4.78, 5) is 10.9. The van der Waals surface area contributed by atoms with Crippen LogP contribution < -0.4 is 9.47 Å². The summed E-state index contributed by atoms with van der Waals surface area (Å²) in [5.74, 6) is -0.825. The molecule has 0 spiro atoms. The van der Waals surface area contributed by atoms with Gasteiger partial charge in [0.05, 0.1) is 14.2 Å². The molecule has 4 nitrogen and oxygen atoms in total. The van der Waals surface area contributed by atoms with E-state index in [0.29, 0.717) is 0 Å². The smallest absolute Gasteiger partial charge is 0.339 e. The zero-order chi connectivity index (χ0) is 12.3. The molecular weight excluding hydrogens is 215 g/mol. The van der Waals surface area contributed by atoms with Gasteiger partial charge < -0.3 is 14.6 Å². The Morgan fingerprint density at radius 1 is 1.31 bits per heavy atom. The van der Waals surface area contributed by atoms with Crippen LogP contribution in [0.3, 0.4) is 0 Å². The van der Waals surface area contributed by atoms with Gasteiger partial charge in [0.2, 0.25) is 0 Å². The maximum atomic E-state index is 13.2. The van der Waals surface area contributed by atoms with Crippen molar-refractivity contribution in [3.05, 3.63) is 23.3 Å². The van der Waals surface area contributed by atoms with E-state index in [4.69, 9.17) is 14.6 Å². The van der Waals surface area contributed by atoms with E-state index < -0.39 is 12.1 Å². The second-order valence-electron chi connectivity index (χ2n) is 3.22. The Bertz CT molecular complexity index is 401. The van der Waals surface area contributed by atoms with Crippen molar-refractivity contribution < 1.29 is 23.8 Å². The van der Waals surface area contributed by atoms with Gasteiger partial charge in [-0.05, 0) is 19.1 Å². The number of benzene rings is 1. The molecule has 5 heteroatoms. The molecule has 0 aliphatic heterocycles. The lowest BCUT2D eigenvalue weighted by Crippen LogP contribution is -2.04. The number of hydrogen-bond donors (Lipinski definition) is 1. The minimum absolute atomic E-state index is 0.0521. The molecule has 0 saturated carbocycles. The summed E-state index contributed by atoms with van der Waals surface area (Å²) in [6.07, 6.45) is -1.26. The molecule has 0 fully saturated rings. The molecule has 1 aromatic carbocycles. The maximum absolute atomic E-state index is 13.2. The molecule has 1 N–H and O–H groups in total. The van der Waals surface area contributed by atoms with E-state index in [1.165, 1.54) is 33.3 Å². The van der Waals surface area contributed by atoms with Gasteiger partial charge in [-0.25, -0.2) is 9.18 Å². The van der Waals surface area contributed by atoms with Crippen molar-refractivity contribution in [2.45, 2.75) is 13.1 Å². The summed E-state index contributed by atoms with van der Waals surface area (Å²) in [6, 6.07) is 2.60. The van der Waals surface area contributed by atoms with Crippen LogP contribution in [0, 0.1) is 0 Å². The maximum Gasteiger partial charge on any atom is 0.339 e. The quantitative estimate of drug-likeness (QED) is 0.859. The second-order valence-corrected chi connectivity index (χ2v) is 3.22. The van der Waals surface area contributed by atoms with Gasteiger partial charge in [0.1, 0.15) is 23.2 Å². The number of carbonyl (C=O) groups is 1. The highest BCUT2D eigenvalue weighted by Gasteiger charge is 2.19. The third-order valence-corrected chi connectivity index (χ3v) is 2.21. The van der Waals surface area contributed by atoms with Crippen LogP contribution in [0.4, 0.5) is 4.39 Å². The van der Waals surface area contributed by atoms with Gasteiger partial charge in [-0.1, -0.05) is 0 Å². The first kappa shape index (κ1) is 12.3. The minimum atomic E-state index is -1.26. The molecule has 1 aromatic rings. The van der Waals surface area contributed by atoms with E-state index in [-0.39, 0.29) is 22.6 Å². The number of methoxy groups -OCH3 is 2. The number of rotatable bonds is 4. The number of carboxylic acid groups (broad SMARTS) is 1. The van der Waals surface area contributed by atoms with E-state index in [1.54, 1.807) is 0 Å². The summed E-state index contributed by atoms with van der Waals surface area (Å²) in [7, 11) is 2.69. The summed E-state index contributed by atoms with van der Waals surface area (Å²) >= 11 is 0. The zero-order valence-electron chi connectivity index (χ0n) is 9.28. The summed E-state index contributed by atoms with van der Waals surface area (Å²) in [6.45, 7) is 1.34. The Kier molecular flexibility index (Phi) is 3.71. The Morgan fingerprint density at radius 3 is 2.25 bits per heavy atom. The number of aromatic carboxylic acids is 1. The normalized spacial score (nSPS) is 12.0. The monoisotopic (exact) mass is 228 g/mol. The highest BCUT2D eigenvalue weighted by Crippen LogP contribution is 2.34. The zero-order valence-corrected chi connectivity index (χ0v) is 9.28. The van der Waals surface area contributed by atoms with E-state index in [2.05, 4.69) is 0 Å². The first-order valence-electron chi connectivity index (χ1n) is 4.64. The molecule has 1 unspecified atom stereocenters. The lowest BCUT2D eigenvalue weighted by molar-refractivity contribution is 0.0692. The molecule has 1 rings (SSSR count). The van der Waals surface area contributed by atoms with Crippen LogP contribution in [0.5, 0.6) is 11.5 Å². The highest BCUT2D eigenvalue weighted by molar-refractivity contribution is 5.91. The van der Waals surface area contributed by atoms with Crippen molar-refractivity contribution in [2.75, 3.05) is 14.2 Å². The van der Waals surface area contributed by atoms with Crippen molar-refractivity contribution >= 4 is 5.97 Å². The number of hydrogen-bond acceptors (Lipinski definition) is 3. The van der Waals surface area contributed by atoms with Gasteiger partial charge in [-0.15, -0.1) is 0 Å². The van der Waals surface area contributed by atoms with Crippen LogP contribution in [0.1, 0.15) is 29.0 Å². The molecule has 0 heterocycles. The Morgan fingerprint density at radius 2 is 1.88 bits per heavy atom. The van der Waals surface area contributed by atoms with Crippen LogP contribution in [0.15, 0.2) is 12.1 Å². The molecule has 0 amide bonds. The molecular formula is C11H13FO4. The van der Waals surface area contributed by atoms with Crippen LogP contribution in [-0.2, 0) is 0 Å². The molecule has 0 radical (unpaired) electrons. The Labute approximate surface area is 92.6 Å². The fraction of sp³-hybridized carbons (Fsp3) is 0.364. The van der Waals surface area contributed by atoms with Crippen molar-refractivity contribution in [1.82, 2.24) is 0 Å². The summed E-state index contributed by atoms with van der Waals surface area (Å²) < 4.78 is 23.1. The summed E-state index contributed by atoms with van der Waals surface area (Å²) in [5.41, 5.74) is 0.216. The first-order chi connectivity index (χ1) is 7.51. The van der Waals surface area contributed by atoms with E-state index in [0.717, 1.165) is 0 Å². The molecule has 0 aliphatic rings. The van der Waals surface area contributed by atoms with Crippen LogP contribution in [-0.4, -0.2) is 25.3 Å². The SMILES string of the molecule is COc1cc(C(C)F)c(OC)cc1C(=O)O. The van der Waals surface area contributed by atoms with Gasteiger partial charge in [0.15, 0.2) is 0 Å². The Hall–Kier alpha value is -1.78. The third-order valence-electron chi connectivity index (χ3n) is 2.21. The molecule has 0 aliphatic carbocycles. The molecule has 0 saturated heterocycles. The predicted octanol–water partition coefficient (Wildman–Crippen LogP) is 2.43. The van der Waals surface area contributed by atoms with Crippen molar-refractivity contribution in [2.24, 2.45) is 0 Å². The molecule has 88 valence electrons. The van der Waals surface area contributed by atoms with Crippen molar-refractivity contribution in [3.8, 4) is 11.5 Å². The number of ether oxygens (including phenoxy) is 2. The number of halogens is 1. The van der Waals surface area contributed by atoms with E-state index in [1.807, 2.05) is 0 Å². The average molecular weight is 228 g/mol. The molecule has 0 bridgehead atoms. The highest BCUT2D eigenvalue weighted by atomic mass is 19.1. The van der Waals surface area contributed by atoms with Crippen LogP contribution in [0.25, 0.3) is 0 Å². The van der Waals surface area contributed by atoms with Gasteiger partial charge in [0.25, 0.3) is 0 Å². The standard InChI is InChI=1S/C11H13FO4/c1-6(12)7-4-10(16-3)8(11(13)14)5-9(7)15-2/h4-6H,1-3H3,(H,13,14). The van der Waals surface area contributed by atoms with E-state index >= 15 is 0 Å². The van der Waals surface area contributed by atoms with Crippen molar-refractivity contribution in [3.63, 3.8) is 0 Å². The van der Waals surface area contributed by atoms with Gasteiger partial charge >= 0.3 is 5.97 Å². The summed E-state index contributed by atoms with van der Waals surface area (Å²) in [5, 5.41) is 8.92.